The quantitative estimate of drug-likeness (QED) is 0.759. The van der Waals surface area contributed by atoms with Gasteiger partial charge < -0.3 is 5.32 Å². The molecule has 1 rings (SSSR count). The molecule has 5 heteroatoms. The van der Waals surface area contributed by atoms with Crippen molar-refractivity contribution in [1.82, 2.24) is 10.2 Å². The number of hydrogen-bond donors (Lipinski definition) is 1. The predicted molar refractivity (Wildman–Crippen MR) is 49.1 cm³/mol. The van der Waals surface area contributed by atoms with Crippen LogP contribution < -0.4 is 5.32 Å². The Morgan fingerprint density at radius 3 is 2.50 bits per heavy atom. The van der Waals surface area contributed by atoms with E-state index in [4.69, 9.17) is 0 Å². The van der Waals surface area contributed by atoms with Crippen LogP contribution in [0, 0.1) is 5.92 Å². The fraction of sp³-hybridized carbons (Fsp3) is 1.00. The molecule has 0 radical (unpaired) electrons. The molecule has 84 valence electrons. The van der Waals surface area contributed by atoms with Crippen molar-refractivity contribution >= 4 is 0 Å². The van der Waals surface area contributed by atoms with Gasteiger partial charge in [0.1, 0.15) is 0 Å². The number of nitrogens with zero attached hydrogens (tertiary/aromatic N) is 1. The van der Waals surface area contributed by atoms with Crippen LogP contribution in [0.15, 0.2) is 0 Å². The van der Waals surface area contributed by atoms with Gasteiger partial charge in [-0.15, -0.1) is 0 Å². The van der Waals surface area contributed by atoms with Gasteiger partial charge in [0.05, 0.1) is 6.54 Å². The van der Waals surface area contributed by atoms with E-state index in [2.05, 4.69) is 5.32 Å². The van der Waals surface area contributed by atoms with Crippen molar-refractivity contribution in [3.8, 4) is 0 Å². The summed E-state index contributed by atoms with van der Waals surface area (Å²) in [5, 5.41) is 3.13. The maximum Gasteiger partial charge on any atom is 0.401 e. The summed E-state index contributed by atoms with van der Waals surface area (Å²) in [5.41, 5.74) is 0. The Bertz CT molecular complexity index is 181. The maximum absolute atomic E-state index is 12.1. The summed E-state index contributed by atoms with van der Waals surface area (Å²) in [5.74, 6) is 0.349. The van der Waals surface area contributed by atoms with Gasteiger partial charge in [0.25, 0.3) is 0 Å². The van der Waals surface area contributed by atoms with Crippen LogP contribution in [0.1, 0.15) is 13.3 Å². The highest BCUT2D eigenvalue weighted by Crippen LogP contribution is 2.22. The molecular weight excluding hydrogens is 193 g/mol. The molecule has 0 bridgehead atoms. The largest absolute Gasteiger partial charge is 0.401 e. The summed E-state index contributed by atoms with van der Waals surface area (Å²) in [6, 6.07) is 0.0293. The van der Waals surface area contributed by atoms with Gasteiger partial charge in [-0.2, -0.15) is 13.2 Å². The van der Waals surface area contributed by atoms with Crippen LogP contribution in [0.4, 0.5) is 13.2 Å². The molecule has 1 aliphatic heterocycles. The first-order valence-electron chi connectivity index (χ1n) is 4.91. The third-order valence-electron chi connectivity index (χ3n) is 2.82. The molecule has 0 aliphatic carbocycles. The van der Waals surface area contributed by atoms with E-state index in [1.807, 2.05) is 6.92 Å². The second kappa shape index (κ2) is 4.49. The number of halogens is 3. The Morgan fingerprint density at radius 1 is 1.36 bits per heavy atom. The molecule has 2 nitrogen and oxygen atoms in total. The number of likely N-dealkylation sites (N-methyl/N-ethyl adjacent to an activating group) is 1. The Morgan fingerprint density at radius 2 is 2.00 bits per heavy atom. The molecule has 0 amide bonds. The minimum absolute atomic E-state index is 0.0293. The van der Waals surface area contributed by atoms with E-state index < -0.39 is 12.7 Å². The van der Waals surface area contributed by atoms with Crippen LogP contribution in [-0.2, 0) is 0 Å². The highest BCUT2D eigenvalue weighted by Gasteiger charge is 2.36. The zero-order valence-electron chi connectivity index (χ0n) is 8.56. The molecular formula is C9H17F3N2. The molecule has 1 heterocycles. The molecule has 0 saturated carbocycles. The fourth-order valence-corrected chi connectivity index (χ4v) is 2.05. The summed E-state index contributed by atoms with van der Waals surface area (Å²) >= 11 is 0. The molecule has 1 saturated heterocycles. The first-order chi connectivity index (χ1) is 6.44. The van der Waals surface area contributed by atoms with Crippen molar-refractivity contribution in [3.05, 3.63) is 0 Å². The van der Waals surface area contributed by atoms with Crippen molar-refractivity contribution in [2.45, 2.75) is 25.6 Å². The van der Waals surface area contributed by atoms with E-state index in [1.54, 1.807) is 7.05 Å². The van der Waals surface area contributed by atoms with E-state index in [1.165, 1.54) is 4.90 Å². The van der Waals surface area contributed by atoms with Crippen molar-refractivity contribution in [3.63, 3.8) is 0 Å². The van der Waals surface area contributed by atoms with E-state index in [-0.39, 0.29) is 6.04 Å². The molecule has 0 spiro atoms. The average Bonchev–Trinajstić information content (AvgIpc) is 2.47. The zero-order valence-corrected chi connectivity index (χ0v) is 8.56. The van der Waals surface area contributed by atoms with E-state index in [0.717, 1.165) is 13.0 Å². The summed E-state index contributed by atoms with van der Waals surface area (Å²) < 4.78 is 36.4. The molecule has 1 fully saturated rings. The van der Waals surface area contributed by atoms with Gasteiger partial charge in [-0.25, -0.2) is 0 Å². The molecule has 2 atom stereocenters. The molecule has 0 aromatic carbocycles. The van der Waals surface area contributed by atoms with Crippen LogP contribution in [0.25, 0.3) is 0 Å². The predicted octanol–water partition coefficient (Wildman–Crippen LogP) is 1.48. The average molecular weight is 210 g/mol. The van der Waals surface area contributed by atoms with Crippen LogP contribution in [-0.4, -0.2) is 43.8 Å². The lowest BCUT2D eigenvalue weighted by Crippen LogP contribution is -2.43. The summed E-state index contributed by atoms with van der Waals surface area (Å²) in [7, 11) is 1.55. The normalized spacial score (nSPS) is 28.7. The molecule has 0 aromatic heterocycles. The van der Waals surface area contributed by atoms with Gasteiger partial charge in [-0.3, -0.25) is 4.90 Å². The Labute approximate surface area is 82.5 Å². The van der Waals surface area contributed by atoms with Gasteiger partial charge in [-0.05, 0) is 19.5 Å². The molecule has 14 heavy (non-hydrogen) atoms. The lowest BCUT2D eigenvalue weighted by atomic mass is 10.00. The van der Waals surface area contributed by atoms with E-state index >= 15 is 0 Å². The van der Waals surface area contributed by atoms with Crippen LogP contribution in [0.3, 0.4) is 0 Å². The van der Waals surface area contributed by atoms with Crippen molar-refractivity contribution in [1.29, 1.82) is 0 Å². The highest BCUT2D eigenvalue weighted by molar-refractivity contribution is 4.87. The fourth-order valence-electron chi connectivity index (χ4n) is 2.05. The summed E-state index contributed by atoms with van der Waals surface area (Å²) in [6.07, 6.45) is -3.16. The lowest BCUT2D eigenvalue weighted by Gasteiger charge is -2.28. The van der Waals surface area contributed by atoms with Crippen molar-refractivity contribution < 1.29 is 13.2 Å². The third-order valence-corrected chi connectivity index (χ3v) is 2.82. The first-order valence-corrected chi connectivity index (χ1v) is 4.91. The zero-order chi connectivity index (χ0) is 10.8. The van der Waals surface area contributed by atoms with Gasteiger partial charge in [-0.1, -0.05) is 13.3 Å². The standard InChI is InChI=1S/C9H17F3N2/c1-3-7-4-13-5-8(7)14(2)6-9(10,11)12/h7-8,13H,3-6H2,1-2H3. The Kier molecular flexibility index (Phi) is 3.78. The topological polar surface area (TPSA) is 15.3 Å². The van der Waals surface area contributed by atoms with Gasteiger partial charge in [0, 0.05) is 12.6 Å². The third kappa shape index (κ3) is 3.13. The SMILES string of the molecule is CCC1CNCC1N(C)CC(F)(F)F. The second-order valence-electron chi connectivity index (χ2n) is 3.92. The number of rotatable bonds is 3. The van der Waals surface area contributed by atoms with Crippen LogP contribution in [0.2, 0.25) is 0 Å². The maximum atomic E-state index is 12.1. The summed E-state index contributed by atoms with van der Waals surface area (Å²) in [4.78, 5) is 1.41. The van der Waals surface area contributed by atoms with Gasteiger partial charge in [0.15, 0.2) is 0 Å². The van der Waals surface area contributed by atoms with Gasteiger partial charge in [0.2, 0.25) is 0 Å². The molecule has 0 aromatic rings. The number of hydrogen-bond acceptors (Lipinski definition) is 2. The number of alkyl halides is 3. The smallest absolute Gasteiger partial charge is 0.315 e. The monoisotopic (exact) mass is 210 g/mol. The first kappa shape index (κ1) is 11.8. The van der Waals surface area contributed by atoms with E-state index in [0.29, 0.717) is 12.5 Å². The van der Waals surface area contributed by atoms with E-state index in [9.17, 15) is 13.2 Å². The van der Waals surface area contributed by atoms with Crippen LogP contribution >= 0.6 is 0 Å². The Hall–Kier alpha value is -0.290. The summed E-state index contributed by atoms with van der Waals surface area (Å²) in [6.45, 7) is 2.72. The minimum atomic E-state index is -4.09. The lowest BCUT2D eigenvalue weighted by molar-refractivity contribution is -0.148. The van der Waals surface area contributed by atoms with Crippen molar-refractivity contribution in [2.75, 3.05) is 26.7 Å². The molecule has 1 N–H and O–H groups in total. The Balaban J connectivity index is 2.47. The second-order valence-corrected chi connectivity index (χ2v) is 3.92. The van der Waals surface area contributed by atoms with Gasteiger partial charge >= 0.3 is 6.18 Å². The van der Waals surface area contributed by atoms with Crippen molar-refractivity contribution in [2.24, 2.45) is 5.92 Å². The molecule has 2 unspecified atom stereocenters. The minimum Gasteiger partial charge on any atom is -0.315 e. The number of nitrogens with one attached hydrogen (secondary N) is 1. The highest BCUT2D eigenvalue weighted by atomic mass is 19.4. The van der Waals surface area contributed by atoms with Crippen LogP contribution in [0.5, 0.6) is 0 Å². The molecule has 1 aliphatic rings.